The molecule has 0 bridgehead atoms. The largest absolute Gasteiger partial charge is 0.465 e. The summed E-state index contributed by atoms with van der Waals surface area (Å²) in [7, 11) is 0. The fourth-order valence-corrected chi connectivity index (χ4v) is 2.43. The van der Waals surface area contributed by atoms with Crippen molar-refractivity contribution in [3.8, 4) is 0 Å². The molecule has 0 aromatic heterocycles. The van der Waals surface area contributed by atoms with Crippen LogP contribution in [0.25, 0.3) is 0 Å². The molecule has 7 nitrogen and oxygen atoms in total. The van der Waals surface area contributed by atoms with Gasteiger partial charge < -0.3 is 26.0 Å². The van der Waals surface area contributed by atoms with Crippen LogP contribution in [0.2, 0.25) is 0 Å². The van der Waals surface area contributed by atoms with E-state index in [4.69, 9.17) is 10.5 Å². The minimum Gasteiger partial charge on any atom is -0.465 e. The fraction of sp³-hybridized carbons (Fsp3) is 0.467. The molecule has 7 heteroatoms. The number of nitrogens with zero attached hydrogens (tertiary/aromatic N) is 1. The number of ether oxygens (including phenoxy) is 1. The lowest BCUT2D eigenvalue weighted by atomic mass is 10.1. The second kappa shape index (κ2) is 7.65. The standard InChI is InChI=1S/C15H22N4O3/c1-2-22-13(20)10-18-15(21)14-11(16)4-3-5-12(14)19-8-6-17-7-9-19/h3-5,17H,2,6-10,16H2,1H3,(H,18,21). The van der Waals surface area contributed by atoms with Gasteiger partial charge in [-0.2, -0.15) is 0 Å². The Morgan fingerprint density at radius 3 is 2.77 bits per heavy atom. The normalized spacial score (nSPS) is 14.5. The number of anilines is 2. The predicted molar refractivity (Wildman–Crippen MR) is 84.9 cm³/mol. The van der Waals surface area contributed by atoms with Crippen LogP contribution < -0.4 is 21.3 Å². The summed E-state index contributed by atoms with van der Waals surface area (Å²) in [6.45, 7) is 5.17. The molecule has 4 N–H and O–H groups in total. The van der Waals surface area contributed by atoms with E-state index in [1.54, 1.807) is 13.0 Å². The molecular weight excluding hydrogens is 284 g/mol. The van der Waals surface area contributed by atoms with E-state index in [0.29, 0.717) is 11.3 Å². The van der Waals surface area contributed by atoms with Crippen LogP contribution in [-0.4, -0.2) is 51.2 Å². The van der Waals surface area contributed by atoms with Crippen molar-refractivity contribution < 1.29 is 14.3 Å². The molecule has 1 aromatic carbocycles. The third-order valence-electron chi connectivity index (χ3n) is 3.46. The van der Waals surface area contributed by atoms with Gasteiger partial charge in [0, 0.05) is 31.9 Å². The number of nitrogens with one attached hydrogen (secondary N) is 2. The van der Waals surface area contributed by atoms with Crippen LogP contribution in [0.3, 0.4) is 0 Å². The third kappa shape index (κ3) is 3.88. The minimum atomic E-state index is -0.464. The summed E-state index contributed by atoms with van der Waals surface area (Å²) in [6.07, 6.45) is 0. The number of hydrogen-bond donors (Lipinski definition) is 3. The lowest BCUT2D eigenvalue weighted by Gasteiger charge is -2.31. The van der Waals surface area contributed by atoms with Gasteiger partial charge in [0.15, 0.2) is 0 Å². The van der Waals surface area contributed by atoms with Gasteiger partial charge in [-0.05, 0) is 19.1 Å². The number of nitrogen functional groups attached to an aromatic ring is 1. The number of carbonyl (C=O) groups is 2. The lowest BCUT2D eigenvalue weighted by Crippen LogP contribution is -2.44. The molecule has 1 amide bonds. The van der Waals surface area contributed by atoms with E-state index < -0.39 is 5.97 Å². The van der Waals surface area contributed by atoms with Crippen molar-refractivity contribution >= 4 is 23.3 Å². The van der Waals surface area contributed by atoms with Crippen LogP contribution in [0.1, 0.15) is 17.3 Å². The van der Waals surface area contributed by atoms with Crippen LogP contribution >= 0.6 is 0 Å². The maximum absolute atomic E-state index is 12.4. The molecule has 1 saturated heterocycles. The van der Waals surface area contributed by atoms with Gasteiger partial charge in [0.05, 0.1) is 17.9 Å². The second-order valence-electron chi connectivity index (χ2n) is 4.97. The van der Waals surface area contributed by atoms with Crippen LogP contribution in [0.5, 0.6) is 0 Å². The summed E-state index contributed by atoms with van der Waals surface area (Å²) in [4.78, 5) is 25.9. The molecule has 1 aromatic rings. The molecule has 0 saturated carbocycles. The quantitative estimate of drug-likeness (QED) is 0.522. The zero-order valence-electron chi connectivity index (χ0n) is 12.7. The van der Waals surface area contributed by atoms with E-state index in [2.05, 4.69) is 15.5 Å². The smallest absolute Gasteiger partial charge is 0.325 e. The van der Waals surface area contributed by atoms with Crippen molar-refractivity contribution in [1.82, 2.24) is 10.6 Å². The first kappa shape index (κ1) is 16.1. The first-order valence-corrected chi connectivity index (χ1v) is 7.41. The minimum absolute atomic E-state index is 0.165. The van der Waals surface area contributed by atoms with Crippen molar-refractivity contribution in [2.45, 2.75) is 6.92 Å². The molecule has 0 aliphatic carbocycles. The van der Waals surface area contributed by atoms with Gasteiger partial charge in [0.25, 0.3) is 5.91 Å². The van der Waals surface area contributed by atoms with Gasteiger partial charge >= 0.3 is 5.97 Å². The average molecular weight is 306 g/mol. The van der Waals surface area contributed by atoms with Crippen molar-refractivity contribution in [1.29, 1.82) is 0 Å². The second-order valence-corrected chi connectivity index (χ2v) is 4.97. The van der Waals surface area contributed by atoms with E-state index in [-0.39, 0.29) is 19.1 Å². The summed E-state index contributed by atoms with van der Waals surface area (Å²) in [5.41, 5.74) is 7.58. The number of carbonyl (C=O) groups excluding carboxylic acids is 2. The van der Waals surface area contributed by atoms with E-state index in [1.807, 2.05) is 12.1 Å². The summed E-state index contributed by atoms with van der Waals surface area (Å²) in [5.74, 6) is -0.825. The molecule has 0 unspecified atom stereocenters. The number of esters is 1. The van der Waals surface area contributed by atoms with Crippen LogP contribution in [-0.2, 0) is 9.53 Å². The highest BCUT2D eigenvalue weighted by molar-refractivity contribution is 6.05. The topological polar surface area (TPSA) is 96.7 Å². The van der Waals surface area contributed by atoms with Crippen LogP contribution in [0.15, 0.2) is 18.2 Å². The van der Waals surface area contributed by atoms with Crippen molar-refractivity contribution in [3.05, 3.63) is 23.8 Å². The molecule has 1 aliphatic rings. The maximum Gasteiger partial charge on any atom is 0.325 e. The molecule has 1 heterocycles. The Hall–Kier alpha value is -2.28. The monoisotopic (exact) mass is 306 g/mol. The van der Waals surface area contributed by atoms with Gasteiger partial charge in [-0.15, -0.1) is 0 Å². The molecule has 0 radical (unpaired) electrons. The van der Waals surface area contributed by atoms with Gasteiger partial charge in [0.1, 0.15) is 6.54 Å². The number of nitrogens with two attached hydrogens (primary N) is 1. The predicted octanol–water partition coefficient (Wildman–Crippen LogP) is -0.0287. The first-order valence-electron chi connectivity index (χ1n) is 7.41. The first-order chi connectivity index (χ1) is 10.6. The fourth-order valence-electron chi connectivity index (χ4n) is 2.43. The average Bonchev–Trinajstić information content (AvgIpc) is 2.53. The van der Waals surface area contributed by atoms with Crippen molar-refractivity contribution in [2.75, 3.05) is 50.0 Å². The molecule has 2 rings (SSSR count). The zero-order chi connectivity index (χ0) is 15.9. The van der Waals surface area contributed by atoms with E-state index >= 15 is 0 Å². The Morgan fingerprint density at radius 2 is 2.09 bits per heavy atom. The Balaban J connectivity index is 2.14. The molecule has 22 heavy (non-hydrogen) atoms. The number of benzene rings is 1. The van der Waals surface area contributed by atoms with Gasteiger partial charge in [-0.3, -0.25) is 9.59 Å². The molecule has 0 atom stereocenters. The Labute approximate surface area is 129 Å². The maximum atomic E-state index is 12.4. The molecule has 1 fully saturated rings. The summed E-state index contributed by atoms with van der Waals surface area (Å²) in [6, 6.07) is 5.39. The third-order valence-corrected chi connectivity index (χ3v) is 3.46. The number of amides is 1. The van der Waals surface area contributed by atoms with Crippen molar-refractivity contribution in [2.24, 2.45) is 0 Å². The van der Waals surface area contributed by atoms with E-state index in [0.717, 1.165) is 31.9 Å². The SMILES string of the molecule is CCOC(=O)CNC(=O)c1c(N)cccc1N1CCNCC1. The molecule has 0 spiro atoms. The number of piperazine rings is 1. The highest BCUT2D eigenvalue weighted by Gasteiger charge is 2.21. The zero-order valence-corrected chi connectivity index (χ0v) is 12.7. The molecular formula is C15H22N4O3. The highest BCUT2D eigenvalue weighted by Crippen LogP contribution is 2.26. The van der Waals surface area contributed by atoms with Crippen LogP contribution in [0.4, 0.5) is 11.4 Å². The van der Waals surface area contributed by atoms with E-state index in [1.165, 1.54) is 0 Å². The van der Waals surface area contributed by atoms with Gasteiger partial charge in [-0.1, -0.05) is 6.07 Å². The van der Waals surface area contributed by atoms with Crippen molar-refractivity contribution in [3.63, 3.8) is 0 Å². The summed E-state index contributed by atoms with van der Waals surface area (Å²) >= 11 is 0. The van der Waals surface area contributed by atoms with Gasteiger partial charge in [0.2, 0.25) is 0 Å². The number of rotatable bonds is 5. The Bertz CT molecular complexity index is 542. The molecule has 120 valence electrons. The van der Waals surface area contributed by atoms with Crippen LogP contribution in [0, 0.1) is 0 Å². The summed E-state index contributed by atoms with van der Waals surface area (Å²) in [5, 5.41) is 5.84. The molecule has 1 aliphatic heterocycles. The summed E-state index contributed by atoms with van der Waals surface area (Å²) < 4.78 is 4.80. The Kier molecular flexibility index (Phi) is 5.60. The highest BCUT2D eigenvalue weighted by atomic mass is 16.5. The Morgan fingerprint density at radius 1 is 1.36 bits per heavy atom. The lowest BCUT2D eigenvalue weighted by molar-refractivity contribution is -0.141. The van der Waals surface area contributed by atoms with Gasteiger partial charge in [-0.25, -0.2) is 0 Å². The van der Waals surface area contributed by atoms with E-state index in [9.17, 15) is 9.59 Å². The number of hydrogen-bond acceptors (Lipinski definition) is 6.